The van der Waals surface area contributed by atoms with Crippen molar-refractivity contribution in [3.05, 3.63) is 10.6 Å². The molecule has 1 unspecified atom stereocenters. The summed E-state index contributed by atoms with van der Waals surface area (Å²) >= 11 is 1.13. The number of hydrogen-bond donors (Lipinski definition) is 0. The molecule has 1 atom stereocenters. The van der Waals surface area contributed by atoms with Crippen LogP contribution in [0.5, 0.6) is 0 Å². The maximum absolute atomic E-state index is 12.3. The molecule has 90 valence electrons. The second-order valence-electron chi connectivity index (χ2n) is 4.04. The summed E-state index contributed by atoms with van der Waals surface area (Å²) in [5, 5.41) is 13.0. The van der Waals surface area contributed by atoms with Crippen LogP contribution in [0.25, 0.3) is 0 Å². The van der Waals surface area contributed by atoms with E-state index in [0.717, 1.165) is 36.5 Å². The molecule has 1 saturated heterocycles. The average Bonchev–Trinajstić information content (AvgIpc) is 2.86. The molecule has 0 aliphatic carbocycles. The van der Waals surface area contributed by atoms with Gasteiger partial charge in [0, 0.05) is 6.54 Å². The van der Waals surface area contributed by atoms with Gasteiger partial charge >= 0.3 is 0 Å². The minimum absolute atomic E-state index is 0.0805. The second kappa shape index (κ2) is 5.23. The van der Waals surface area contributed by atoms with Gasteiger partial charge in [-0.05, 0) is 37.2 Å². The van der Waals surface area contributed by atoms with E-state index in [2.05, 4.69) is 15.7 Å². The summed E-state index contributed by atoms with van der Waals surface area (Å²) < 4.78 is 3.82. The highest BCUT2D eigenvalue weighted by Crippen LogP contribution is 2.22. The predicted octanol–water partition coefficient (Wildman–Crippen LogP) is 1.62. The molecule has 0 radical (unpaired) electrons. The van der Waals surface area contributed by atoms with Gasteiger partial charge in [-0.2, -0.15) is 5.26 Å². The van der Waals surface area contributed by atoms with Crippen LogP contribution in [0.2, 0.25) is 0 Å². The van der Waals surface area contributed by atoms with Gasteiger partial charge in [-0.25, -0.2) is 0 Å². The molecule has 0 saturated carbocycles. The molecule has 1 aliphatic heterocycles. The molecule has 2 heterocycles. The largest absolute Gasteiger partial charge is 0.322 e. The summed E-state index contributed by atoms with van der Waals surface area (Å²) in [6, 6.07) is 1.91. The Bertz CT molecular complexity index is 451. The summed E-state index contributed by atoms with van der Waals surface area (Å²) in [5.41, 5.74) is 0.738. The Hall–Kier alpha value is -1.48. The first-order valence-corrected chi connectivity index (χ1v) is 6.57. The van der Waals surface area contributed by atoms with Crippen LogP contribution in [0.1, 0.15) is 41.6 Å². The van der Waals surface area contributed by atoms with Crippen molar-refractivity contribution < 1.29 is 4.79 Å². The van der Waals surface area contributed by atoms with Crippen LogP contribution < -0.4 is 0 Å². The summed E-state index contributed by atoms with van der Waals surface area (Å²) in [5.74, 6) is -0.0805. The number of carbonyl (C=O) groups excluding carboxylic acids is 1. The number of nitrogens with zero attached hydrogens (tertiary/aromatic N) is 4. The van der Waals surface area contributed by atoms with E-state index < -0.39 is 0 Å². The topological polar surface area (TPSA) is 69.9 Å². The molecule has 1 fully saturated rings. The van der Waals surface area contributed by atoms with Gasteiger partial charge in [-0.1, -0.05) is 11.4 Å². The molecule has 1 aromatic heterocycles. The SMILES string of the molecule is CCc1nnsc1C(=O)N1CCCCC1C#N. The van der Waals surface area contributed by atoms with E-state index in [1.54, 1.807) is 4.90 Å². The van der Waals surface area contributed by atoms with Crippen LogP contribution >= 0.6 is 11.5 Å². The van der Waals surface area contributed by atoms with Crippen molar-refractivity contribution in [3.63, 3.8) is 0 Å². The third kappa shape index (κ3) is 2.29. The molecule has 0 aromatic carbocycles. The van der Waals surface area contributed by atoms with Crippen LogP contribution in [0.4, 0.5) is 0 Å². The third-order valence-electron chi connectivity index (χ3n) is 3.00. The third-order valence-corrected chi connectivity index (χ3v) is 3.75. The lowest BCUT2D eigenvalue weighted by Crippen LogP contribution is -2.42. The Morgan fingerprint density at radius 2 is 2.47 bits per heavy atom. The monoisotopic (exact) mass is 250 g/mol. The lowest BCUT2D eigenvalue weighted by atomic mass is 10.0. The Morgan fingerprint density at radius 3 is 3.18 bits per heavy atom. The molecule has 1 aromatic rings. The molecule has 2 rings (SSSR count). The Kier molecular flexibility index (Phi) is 3.69. The zero-order chi connectivity index (χ0) is 12.3. The van der Waals surface area contributed by atoms with Crippen molar-refractivity contribution in [2.75, 3.05) is 6.54 Å². The van der Waals surface area contributed by atoms with Crippen molar-refractivity contribution >= 4 is 17.4 Å². The Morgan fingerprint density at radius 1 is 1.65 bits per heavy atom. The predicted molar refractivity (Wildman–Crippen MR) is 63.6 cm³/mol. The summed E-state index contributed by atoms with van der Waals surface area (Å²) in [6.45, 7) is 2.61. The van der Waals surface area contributed by atoms with E-state index in [4.69, 9.17) is 5.26 Å². The quantitative estimate of drug-likeness (QED) is 0.799. The molecule has 0 N–H and O–H groups in total. The Balaban J connectivity index is 2.22. The van der Waals surface area contributed by atoms with Gasteiger partial charge in [-0.15, -0.1) is 5.10 Å². The van der Waals surface area contributed by atoms with E-state index >= 15 is 0 Å². The summed E-state index contributed by atoms with van der Waals surface area (Å²) in [6.07, 6.45) is 3.46. The van der Waals surface area contributed by atoms with Gasteiger partial charge in [0.25, 0.3) is 5.91 Å². The minimum atomic E-state index is -0.289. The standard InChI is InChI=1S/C11H14N4OS/c1-2-9-10(17-14-13-9)11(16)15-6-4-3-5-8(15)7-12/h8H,2-6H2,1H3. The molecule has 1 amide bonds. The highest BCUT2D eigenvalue weighted by molar-refractivity contribution is 7.08. The smallest absolute Gasteiger partial charge is 0.268 e. The van der Waals surface area contributed by atoms with Gasteiger partial charge in [-0.3, -0.25) is 4.79 Å². The first kappa shape index (κ1) is 12.0. The van der Waals surface area contributed by atoms with E-state index in [9.17, 15) is 4.79 Å². The van der Waals surface area contributed by atoms with Gasteiger partial charge in [0.2, 0.25) is 0 Å². The number of aryl methyl sites for hydroxylation is 1. The number of likely N-dealkylation sites (tertiary alicyclic amines) is 1. The van der Waals surface area contributed by atoms with E-state index in [0.29, 0.717) is 17.8 Å². The molecular formula is C11H14N4OS. The van der Waals surface area contributed by atoms with Crippen LogP contribution in [0.3, 0.4) is 0 Å². The maximum atomic E-state index is 12.3. The number of piperidine rings is 1. The van der Waals surface area contributed by atoms with E-state index in [1.807, 2.05) is 6.92 Å². The fraction of sp³-hybridized carbons (Fsp3) is 0.636. The minimum Gasteiger partial charge on any atom is -0.322 e. The van der Waals surface area contributed by atoms with Crippen LogP contribution in [0.15, 0.2) is 0 Å². The highest BCUT2D eigenvalue weighted by Gasteiger charge is 2.29. The number of hydrogen-bond acceptors (Lipinski definition) is 5. The molecule has 1 aliphatic rings. The Labute approximate surface area is 104 Å². The first-order chi connectivity index (χ1) is 8.27. The van der Waals surface area contributed by atoms with Crippen molar-refractivity contribution in [2.45, 2.75) is 38.6 Å². The van der Waals surface area contributed by atoms with Crippen molar-refractivity contribution in [1.82, 2.24) is 14.5 Å². The number of rotatable bonds is 2. The molecule has 17 heavy (non-hydrogen) atoms. The maximum Gasteiger partial charge on any atom is 0.268 e. The number of carbonyl (C=O) groups is 1. The zero-order valence-electron chi connectivity index (χ0n) is 9.72. The highest BCUT2D eigenvalue weighted by atomic mass is 32.1. The molecular weight excluding hydrogens is 236 g/mol. The number of aromatic nitrogens is 2. The van der Waals surface area contributed by atoms with Crippen LogP contribution in [0, 0.1) is 11.3 Å². The molecule has 5 nitrogen and oxygen atoms in total. The first-order valence-electron chi connectivity index (χ1n) is 5.79. The summed E-state index contributed by atoms with van der Waals surface area (Å²) in [4.78, 5) is 14.6. The fourth-order valence-electron chi connectivity index (χ4n) is 2.04. The average molecular weight is 250 g/mol. The van der Waals surface area contributed by atoms with Gasteiger partial charge < -0.3 is 4.90 Å². The number of nitriles is 1. The normalized spacial score (nSPS) is 20.0. The second-order valence-corrected chi connectivity index (χ2v) is 4.80. The van der Waals surface area contributed by atoms with Gasteiger partial charge in [0.05, 0.1) is 11.8 Å². The fourth-order valence-corrected chi connectivity index (χ4v) is 2.75. The lowest BCUT2D eigenvalue weighted by molar-refractivity contribution is 0.0674. The molecule has 6 heteroatoms. The summed E-state index contributed by atoms with van der Waals surface area (Å²) in [7, 11) is 0. The van der Waals surface area contributed by atoms with Gasteiger partial charge in [0.15, 0.2) is 0 Å². The van der Waals surface area contributed by atoms with Crippen molar-refractivity contribution in [3.8, 4) is 6.07 Å². The van der Waals surface area contributed by atoms with Gasteiger partial charge in [0.1, 0.15) is 10.9 Å². The van der Waals surface area contributed by atoms with Crippen LogP contribution in [-0.4, -0.2) is 33.0 Å². The zero-order valence-corrected chi connectivity index (χ0v) is 10.5. The van der Waals surface area contributed by atoms with E-state index in [1.165, 1.54) is 0 Å². The number of amides is 1. The lowest BCUT2D eigenvalue weighted by Gasteiger charge is -2.30. The van der Waals surface area contributed by atoms with Crippen molar-refractivity contribution in [1.29, 1.82) is 5.26 Å². The van der Waals surface area contributed by atoms with Crippen molar-refractivity contribution in [2.24, 2.45) is 0 Å². The molecule has 0 bridgehead atoms. The van der Waals surface area contributed by atoms with E-state index in [-0.39, 0.29) is 11.9 Å². The molecule has 0 spiro atoms. The van der Waals surface area contributed by atoms with Crippen LogP contribution in [-0.2, 0) is 6.42 Å².